The lowest BCUT2D eigenvalue weighted by Gasteiger charge is -2.33. The van der Waals surface area contributed by atoms with Crippen LogP contribution in [0.3, 0.4) is 0 Å². The van der Waals surface area contributed by atoms with Gasteiger partial charge in [-0.25, -0.2) is 4.98 Å². The van der Waals surface area contributed by atoms with E-state index in [1.165, 1.54) is 6.20 Å². The molecule has 126 valence electrons. The summed E-state index contributed by atoms with van der Waals surface area (Å²) in [4.78, 5) is 37.0. The van der Waals surface area contributed by atoms with Crippen LogP contribution in [0.5, 0.6) is 0 Å². The number of aromatic amines is 1. The van der Waals surface area contributed by atoms with E-state index in [4.69, 9.17) is 0 Å². The highest BCUT2D eigenvalue weighted by molar-refractivity contribution is 5.78. The third kappa shape index (κ3) is 3.98. The van der Waals surface area contributed by atoms with Crippen LogP contribution in [0.25, 0.3) is 0 Å². The average molecular weight is 327 g/mol. The molecule has 2 N–H and O–H groups in total. The third-order valence-corrected chi connectivity index (χ3v) is 4.11. The predicted octanol–water partition coefficient (Wildman–Crippen LogP) is 0.801. The van der Waals surface area contributed by atoms with Gasteiger partial charge in [0.25, 0.3) is 5.56 Å². The molecule has 2 aromatic heterocycles. The molecule has 3 rings (SSSR count). The SMILES string of the molecule is Cc1ccc(CC(=O)NC2CCCN(c3ncc[nH]c3=O)C2)cn1. The molecular formula is C17H21N5O2. The molecule has 1 fully saturated rings. The van der Waals surface area contributed by atoms with Gasteiger partial charge in [-0.1, -0.05) is 6.07 Å². The Morgan fingerprint density at radius 1 is 1.42 bits per heavy atom. The molecule has 0 radical (unpaired) electrons. The number of hydrogen-bond donors (Lipinski definition) is 2. The van der Waals surface area contributed by atoms with Gasteiger partial charge in [0.05, 0.1) is 6.42 Å². The van der Waals surface area contributed by atoms with E-state index in [9.17, 15) is 9.59 Å². The number of amides is 1. The Hall–Kier alpha value is -2.70. The van der Waals surface area contributed by atoms with Crippen LogP contribution in [-0.4, -0.2) is 40.0 Å². The Kier molecular flexibility index (Phi) is 4.88. The normalized spacial score (nSPS) is 17.5. The molecule has 0 bridgehead atoms. The Balaban J connectivity index is 1.59. The number of H-pyrrole nitrogens is 1. The molecule has 1 aliphatic heterocycles. The van der Waals surface area contributed by atoms with Gasteiger partial charge in [0.1, 0.15) is 0 Å². The molecule has 1 saturated heterocycles. The van der Waals surface area contributed by atoms with Crippen LogP contribution in [0.2, 0.25) is 0 Å². The van der Waals surface area contributed by atoms with Crippen LogP contribution in [0, 0.1) is 6.92 Å². The molecule has 7 heteroatoms. The first-order valence-corrected chi connectivity index (χ1v) is 8.11. The van der Waals surface area contributed by atoms with Gasteiger partial charge in [0, 0.05) is 43.4 Å². The van der Waals surface area contributed by atoms with Gasteiger partial charge in [-0.2, -0.15) is 0 Å². The van der Waals surface area contributed by atoms with Crippen LogP contribution < -0.4 is 15.8 Å². The number of piperidine rings is 1. The molecule has 1 atom stereocenters. The second kappa shape index (κ2) is 7.25. The summed E-state index contributed by atoms with van der Waals surface area (Å²) < 4.78 is 0. The maximum Gasteiger partial charge on any atom is 0.290 e. The van der Waals surface area contributed by atoms with Crippen molar-refractivity contribution in [2.45, 2.75) is 32.2 Å². The van der Waals surface area contributed by atoms with Gasteiger partial charge >= 0.3 is 0 Å². The molecule has 1 unspecified atom stereocenters. The highest BCUT2D eigenvalue weighted by Gasteiger charge is 2.23. The van der Waals surface area contributed by atoms with Crippen molar-refractivity contribution in [2.75, 3.05) is 18.0 Å². The van der Waals surface area contributed by atoms with E-state index in [-0.39, 0.29) is 17.5 Å². The number of carbonyl (C=O) groups is 1. The van der Waals surface area contributed by atoms with Gasteiger partial charge in [-0.05, 0) is 31.4 Å². The summed E-state index contributed by atoms with van der Waals surface area (Å²) in [5.74, 6) is 0.390. The fraction of sp³-hybridized carbons (Fsp3) is 0.412. The van der Waals surface area contributed by atoms with E-state index < -0.39 is 0 Å². The summed E-state index contributed by atoms with van der Waals surface area (Å²) in [5.41, 5.74) is 1.63. The van der Waals surface area contributed by atoms with Crippen molar-refractivity contribution in [3.63, 3.8) is 0 Å². The summed E-state index contributed by atoms with van der Waals surface area (Å²) in [6.45, 7) is 3.28. The van der Waals surface area contributed by atoms with E-state index in [1.54, 1.807) is 12.4 Å². The largest absolute Gasteiger partial charge is 0.351 e. The maximum absolute atomic E-state index is 12.2. The minimum Gasteiger partial charge on any atom is -0.351 e. The average Bonchev–Trinajstić information content (AvgIpc) is 2.57. The molecule has 7 nitrogen and oxygen atoms in total. The van der Waals surface area contributed by atoms with Gasteiger partial charge < -0.3 is 15.2 Å². The van der Waals surface area contributed by atoms with E-state index in [2.05, 4.69) is 20.3 Å². The minimum absolute atomic E-state index is 0.0195. The molecule has 1 amide bonds. The van der Waals surface area contributed by atoms with Crippen molar-refractivity contribution >= 4 is 11.7 Å². The lowest BCUT2D eigenvalue weighted by atomic mass is 10.1. The molecule has 2 aromatic rings. The first-order valence-electron chi connectivity index (χ1n) is 8.11. The van der Waals surface area contributed by atoms with Gasteiger partial charge in [-0.15, -0.1) is 0 Å². The number of hydrogen-bond acceptors (Lipinski definition) is 5. The summed E-state index contributed by atoms with van der Waals surface area (Å²) in [7, 11) is 0. The van der Waals surface area contributed by atoms with E-state index >= 15 is 0 Å². The molecule has 0 saturated carbocycles. The number of nitrogens with zero attached hydrogens (tertiary/aromatic N) is 3. The van der Waals surface area contributed by atoms with Crippen molar-refractivity contribution in [2.24, 2.45) is 0 Å². The number of rotatable bonds is 4. The second-order valence-electron chi connectivity index (χ2n) is 6.08. The second-order valence-corrected chi connectivity index (χ2v) is 6.08. The molecule has 0 aliphatic carbocycles. The van der Waals surface area contributed by atoms with Crippen LogP contribution in [0.15, 0.2) is 35.5 Å². The lowest BCUT2D eigenvalue weighted by Crippen LogP contribution is -2.49. The standard InChI is InChI=1S/C17H21N5O2/c1-12-4-5-13(10-20-12)9-15(23)21-14-3-2-8-22(11-14)16-17(24)19-7-6-18-16/h4-7,10,14H,2-3,8-9,11H2,1H3,(H,19,24)(H,21,23). The zero-order valence-corrected chi connectivity index (χ0v) is 13.7. The first kappa shape index (κ1) is 16.2. The Labute approximate surface area is 140 Å². The van der Waals surface area contributed by atoms with Gasteiger partial charge in [0.15, 0.2) is 5.82 Å². The van der Waals surface area contributed by atoms with Crippen molar-refractivity contribution in [3.8, 4) is 0 Å². The zero-order chi connectivity index (χ0) is 16.9. The van der Waals surface area contributed by atoms with Crippen LogP contribution in [-0.2, 0) is 11.2 Å². The van der Waals surface area contributed by atoms with E-state index in [0.717, 1.165) is 30.6 Å². The van der Waals surface area contributed by atoms with Gasteiger partial charge in [0.2, 0.25) is 5.91 Å². The maximum atomic E-state index is 12.2. The monoisotopic (exact) mass is 327 g/mol. The third-order valence-electron chi connectivity index (χ3n) is 4.11. The highest BCUT2D eigenvalue weighted by atomic mass is 16.1. The quantitative estimate of drug-likeness (QED) is 0.867. The van der Waals surface area contributed by atoms with Crippen molar-refractivity contribution in [3.05, 3.63) is 52.3 Å². The Bertz CT molecular complexity index is 756. The first-order chi connectivity index (χ1) is 11.6. The number of aromatic nitrogens is 3. The summed E-state index contributed by atoms with van der Waals surface area (Å²) in [6.07, 6.45) is 6.95. The fourth-order valence-corrected chi connectivity index (χ4v) is 2.92. The van der Waals surface area contributed by atoms with E-state index in [0.29, 0.717) is 18.8 Å². The molecule has 1 aliphatic rings. The number of carbonyl (C=O) groups excluding carboxylic acids is 1. The Morgan fingerprint density at radius 2 is 2.29 bits per heavy atom. The highest BCUT2D eigenvalue weighted by Crippen LogP contribution is 2.14. The topological polar surface area (TPSA) is 91.0 Å². The number of aryl methyl sites for hydroxylation is 1. The lowest BCUT2D eigenvalue weighted by molar-refractivity contribution is -0.121. The molecule has 3 heterocycles. The number of nitrogens with one attached hydrogen (secondary N) is 2. The minimum atomic E-state index is -0.199. The molecular weight excluding hydrogens is 306 g/mol. The Morgan fingerprint density at radius 3 is 3.04 bits per heavy atom. The van der Waals surface area contributed by atoms with Crippen molar-refractivity contribution < 1.29 is 4.79 Å². The summed E-state index contributed by atoms with van der Waals surface area (Å²) in [6, 6.07) is 3.84. The predicted molar refractivity (Wildman–Crippen MR) is 90.9 cm³/mol. The summed E-state index contributed by atoms with van der Waals surface area (Å²) in [5, 5.41) is 3.05. The van der Waals surface area contributed by atoms with Crippen molar-refractivity contribution in [1.82, 2.24) is 20.3 Å². The van der Waals surface area contributed by atoms with Gasteiger partial charge in [-0.3, -0.25) is 14.6 Å². The number of anilines is 1. The summed E-state index contributed by atoms with van der Waals surface area (Å²) >= 11 is 0. The van der Waals surface area contributed by atoms with E-state index in [1.807, 2.05) is 24.0 Å². The van der Waals surface area contributed by atoms with Crippen LogP contribution in [0.4, 0.5) is 5.82 Å². The van der Waals surface area contributed by atoms with Crippen LogP contribution >= 0.6 is 0 Å². The van der Waals surface area contributed by atoms with Crippen LogP contribution in [0.1, 0.15) is 24.1 Å². The smallest absolute Gasteiger partial charge is 0.290 e. The molecule has 0 spiro atoms. The molecule has 24 heavy (non-hydrogen) atoms. The fourth-order valence-electron chi connectivity index (χ4n) is 2.92. The zero-order valence-electron chi connectivity index (χ0n) is 13.7. The van der Waals surface area contributed by atoms with Crippen molar-refractivity contribution in [1.29, 1.82) is 0 Å². The number of pyridine rings is 1. The molecule has 0 aromatic carbocycles.